The van der Waals surface area contributed by atoms with E-state index in [0.717, 1.165) is 68.0 Å². The lowest BCUT2D eigenvalue weighted by Gasteiger charge is -2.26. The van der Waals surface area contributed by atoms with E-state index in [-0.39, 0.29) is 16.9 Å². The van der Waals surface area contributed by atoms with Gasteiger partial charge in [-0.15, -0.1) is 0 Å². The van der Waals surface area contributed by atoms with Gasteiger partial charge in [-0.25, -0.2) is 13.4 Å². The molecule has 0 amide bonds. The highest BCUT2D eigenvalue weighted by Crippen LogP contribution is 2.34. The number of fused-ring (bicyclic) bond motifs is 1. The number of pyridine rings is 1. The van der Waals surface area contributed by atoms with E-state index in [1.54, 1.807) is 24.4 Å². The van der Waals surface area contributed by atoms with Crippen LogP contribution in [0.1, 0.15) is 75.5 Å². The maximum Gasteiger partial charge on any atom is 0.255 e. The minimum absolute atomic E-state index is 0.0110. The van der Waals surface area contributed by atoms with E-state index in [9.17, 15) is 13.2 Å². The average molecular weight is 495 g/mol. The van der Waals surface area contributed by atoms with Gasteiger partial charge >= 0.3 is 0 Å². The molecule has 0 unspecified atom stereocenters. The Labute approximate surface area is 206 Å². The highest BCUT2D eigenvalue weighted by Gasteiger charge is 2.31. The first kappa shape index (κ1) is 24.0. The number of aryl methyl sites for hydroxylation is 2. The molecule has 2 aliphatic rings. The van der Waals surface area contributed by atoms with Gasteiger partial charge in [0.2, 0.25) is 5.95 Å². The SMILES string of the molecule is Cc1cc(S(=O)(=O)C2CCC(C)CC2)ccc1Nc1ncc2cc(C)c(=O)n(C3CCCC3)c2n1. The van der Waals surface area contributed by atoms with Crippen LogP contribution in [-0.4, -0.2) is 28.2 Å². The maximum absolute atomic E-state index is 13.2. The maximum atomic E-state index is 13.2. The molecule has 2 saturated carbocycles. The molecule has 3 aromatic rings. The van der Waals surface area contributed by atoms with Crippen molar-refractivity contribution in [1.82, 2.24) is 14.5 Å². The molecule has 7 nitrogen and oxygen atoms in total. The molecular formula is C27H34N4O3S. The Morgan fingerprint density at radius 2 is 1.69 bits per heavy atom. The summed E-state index contributed by atoms with van der Waals surface area (Å²) in [6.45, 7) is 5.92. The molecule has 0 bridgehead atoms. The number of nitrogens with one attached hydrogen (secondary N) is 1. The van der Waals surface area contributed by atoms with Crippen molar-refractivity contribution in [2.75, 3.05) is 5.32 Å². The summed E-state index contributed by atoms with van der Waals surface area (Å²) in [6, 6.07) is 7.24. The number of rotatable bonds is 5. The van der Waals surface area contributed by atoms with Crippen molar-refractivity contribution >= 4 is 32.5 Å². The van der Waals surface area contributed by atoms with Crippen LogP contribution in [-0.2, 0) is 9.84 Å². The van der Waals surface area contributed by atoms with Gasteiger partial charge in [-0.3, -0.25) is 9.36 Å². The van der Waals surface area contributed by atoms with E-state index in [2.05, 4.69) is 17.2 Å². The molecule has 2 fully saturated rings. The topological polar surface area (TPSA) is 94.0 Å². The fraction of sp³-hybridized carbons (Fsp3) is 0.519. The Kier molecular flexibility index (Phi) is 6.42. The third-order valence-electron chi connectivity index (χ3n) is 7.82. The molecule has 8 heteroatoms. The predicted octanol–water partition coefficient (Wildman–Crippen LogP) is 5.62. The fourth-order valence-corrected chi connectivity index (χ4v) is 7.50. The van der Waals surface area contributed by atoms with Crippen molar-refractivity contribution in [2.45, 2.75) is 88.3 Å². The zero-order valence-electron chi connectivity index (χ0n) is 20.8. The van der Waals surface area contributed by atoms with Crippen LogP contribution in [0, 0.1) is 19.8 Å². The number of hydrogen-bond acceptors (Lipinski definition) is 6. The summed E-state index contributed by atoms with van der Waals surface area (Å²) in [5.41, 5.74) is 2.93. The zero-order valence-corrected chi connectivity index (χ0v) is 21.6. The molecule has 2 aromatic heterocycles. The minimum Gasteiger partial charge on any atom is -0.324 e. The van der Waals surface area contributed by atoms with Gasteiger partial charge in [0.1, 0.15) is 5.65 Å². The van der Waals surface area contributed by atoms with Crippen LogP contribution < -0.4 is 10.9 Å². The van der Waals surface area contributed by atoms with Gasteiger partial charge in [-0.2, -0.15) is 4.98 Å². The summed E-state index contributed by atoms with van der Waals surface area (Å²) in [5.74, 6) is 0.998. The van der Waals surface area contributed by atoms with E-state index < -0.39 is 9.84 Å². The summed E-state index contributed by atoms with van der Waals surface area (Å²) in [5, 5.41) is 3.80. The number of hydrogen-bond donors (Lipinski definition) is 1. The first-order valence-corrected chi connectivity index (χ1v) is 14.3. The standard InChI is InChI=1S/C27H34N4O3S/c1-17-8-10-22(11-9-17)35(33,34)23-12-13-24(18(2)15-23)29-27-28-16-20-14-19(3)26(32)31(25(20)30-27)21-6-4-5-7-21/h12-17,21-22H,4-11H2,1-3H3,(H,28,29,30). The molecule has 1 aromatic carbocycles. The third kappa shape index (κ3) is 4.60. The lowest BCUT2D eigenvalue weighted by atomic mass is 9.91. The molecule has 1 N–H and O–H groups in total. The number of benzene rings is 1. The normalized spacial score (nSPS) is 21.5. The Balaban J connectivity index is 1.45. The van der Waals surface area contributed by atoms with Crippen LogP contribution >= 0.6 is 0 Å². The molecular weight excluding hydrogens is 460 g/mol. The number of aromatic nitrogens is 3. The quantitative estimate of drug-likeness (QED) is 0.495. The highest BCUT2D eigenvalue weighted by atomic mass is 32.2. The average Bonchev–Trinajstić information content (AvgIpc) is 3.36. The smallest absolute Gasteiger partial charge is 0.255 e. The van der Waals surface area contributed by atoms with E-state index in [1.807, 2.05) is 24.5 Å². The fourth-order valence-electron chi connectivity index (χ4n) is 5.63. The summed E-state index contributed by atoms with van der Waals surface area (Å²) in [4.78, 5) is 22.6. The van der Waals surface area contributed by atoms with Gasteiger partial charge < -0.3 is 5.32 Å². The van der Waals surface area contributed by atoms with E-state index in [0.29, 0.717) is 28.0 Å². The second-order valence-electron chi connectivity index (χ2n) is 10.4. The first-order valence-electron chi connectivity index (χ1n) is 12.7. The number of nitrogens with zero attached hydrogens (tertiary/aromatic N) is 3. The van der Waals surface area contributed by atoms with Crippen molar-refractivity contribution in [2.24, 2.45) is 5.92 Å². The van der Waals surface area contributed by atoms with Crippen molar-refractivity contribution in [1.29, 1.82) is 0 Å². The zero-order chi connectivity index (χ0) is 24.7. The number of sulfone groups is 1. The van der Waals surface area contributed by atoms with Crippen LogP contribution in [0.3, 0.4) is 0 Å². The first-order chi connectivity index (χ1) is 16.7. The van der Waals surface area contributed by atoms with Crippen molar-refractivity contribution in [3.63, 3.8) is 0 Å². The molecule has 35 heavy (non-hydrogen) atoms. The molecule has 2 aliphatic carbocycles. The molecule has 0 aliphatic heterocycles. The predicted molar refractivity (Wildman–Crippen MR) is 139 cm³/mol. The van der Waals surface area contributed by atoms with Gasteiger partial charge in [-0.1, -0.05) is 19.8 Å². The van der Waals surface area contributed by atoms with Gasteiger partial charge in [0.25, 0.3) is 5.56 Å². The molecule has 0 atom stereocenters. The molecule has 2 heterocycles. The van der Waals surface area contributed by atoms with Crippen LogP contribution in [0.5, 0.6) is 0 Å². The molecule has 186 valence electrons. The third-order valence-corrected chi connectivity index (χ3v) is 10.1. The van der Waals surface area contributed by atoms with Crippen molar-refractivity contribution in [3.8, 4) is 0 Å². The molecule has 0 spiro atoms. The molecule has 0 radical (unpaired) electrons. The Hall–Kier alpha value is -2.74. The molecule has 5 rings (SSSR count). The van der Waals surface area contributed by atoms with Gasteiger partial charge in [0.05, 0.1) is 10.1 Å². The van der Waals surface area contributed by atoms with E-state index >= 15 is 0 Å². The lowest BCUT2D eigenvalue weighted by molar-refractivity contribution is 0.382. The van der Waals surface area contributed by atoms with E-state index in [1.165, 1.54) is 0 Å². The van der Waals surface area contributed by atoms with Crippen LogP contribution in [0.25, 0.3) is 11.0 Å². The second-order valence-corrected chi connectivity index (χ2v) is 12.7. The monoisotopic (exact) mass is 494 g/mol. The van der Waals surface area contributed by atoms with Crippen molar-refractivity contribution < 1.29 is 8.42 Å². The minimum atomic E-state index is -3.35. The number of anilines is 2. The lowest BCUT2D eigenvalue weighted by Crippen LogP contribution is -2.26. The largest absolute Gasteiger partial charge is 0.324 e. The Morgan fingerprint density at radius 1 is 0.971 bits per heavy atom. The van der Waals surface area contributed by atoms with Gasteiger partial charge in [0, 0.05) is 28.9 Å². The van der Waals surface area contributed by atoms with Crippen molar-refractivity contribution in [3.05, 3.63) is 51.9 Å². The van der Waals surface area contributed by atoms with Crippen LogP contribution in [0.2, 0.25) is 0 Å². The van der Waals surface area contributed by atoms with Crippen LogP contribution in [0.15, 0.2) is 40.2 Å². The summed E-state index contributed by atoms with van der Waals surface area (Å²) >= 11 is 0. The van der Waals surface area contributed by atoms with Gasteiger partial charge in [-0.05, 0) is 88.1 Å². The summed E-state index contributed by atoms with van der Waals surface area (Å²) in [6.07, 6.45) is 9.36. The summed E-state index contributed by atoms with van der Waals surface area (Å²) in [7, 11) is -3.35. The van der Waals surface area contributed by atoms with E-state index in [4.69, 9.17) is 4.98 Å². The van der Waals surface area contributed by atoms with Crippen LogP contribution in [0.4, 0.5) is 11.6 Å². The second kappa shape index (κ2) is 9.37. The molecule has 0 saturated heterocycles. The van der Waals surface area contributed by atoms with Gasteiger partial charge in [0.15, 0.2) is 9.84 Å². The highest BCUT2D eigenvalue weighted by molar-refractivity contribution is 7.92. The Morgan fingerprint density at radius 3 is 2.37 bits per heavy atom. The summed E-state index contributed by atoms with van der Waals surface area (Å²) < 4.78 is 28.3. The Bertz CT molecular complexity index is 1420.